The van der Waals surface area contributed by atoms with Crippen molar-refractivity contribution in [2.45, 2.75) is 6.92 Å². The Labute approximate surface area is 129 Å². The lowest BCUT2D eigenvalue weighted by Crippen LogP contribution is -2.08. The van der Waals surface area contributed by atoms with E-state index in [0.29, 0.717) is 5.69 Å². The van der Waals surface area contributed by atoms with E-state index in [4.69, 9.17) is 15.7 Å². The SMILES string of the molecule is CCOC(=O)c1nn(-c2ccc(I)cc2)c(N)c1C#N. The lowest BCUT2D eigenvalue weighted by molar-refractivity contribution is 0.0518. The first-order valence-corrected chi connectivity index (χ1v) is 6.88. The number of esters is 1. The topological polar surface area (TPSA) is 93.9 Å². The molecule has 0 aliphatic rings. The van der Waals surface area contributed by atoms with Gasteiger partial charge in [-0.2, -0.15) is 10.4 Å². The zero-order valence-electron chi connectivity index (χ0n) is 10.6. The second-order valence-electron chi connectivity index (χ2n) is 3.83. The van der Waals surface area contributed by atoms with E-state index in [1.807, 2.05) is 18.2 Å². The zero-order valence-corrected chi connectivity index (χ0v) is 12.8. The average molecular weight is 382 g/mol. The minimum absolute atomic E-state index is 0.0296. The third kappa shape index (κ3) is 2.60. The van der Waals surface area contributed by atoms with Crippen LogP contribution in [0.15, 0.2) is 24.3 Å². The maximum Gasteiger partial charge on any atom is 0.360 e. The van der Waals surface area contributed by atoms with Gasteiger partial charge < -0.3 is 10.5 Å². The van der Waals surface area contributed by atoms with Crippen molar-refractivity contribution in [1.29, 1.82) is 5.26 Å². The van der Waals surface area contributed by atoms with E-state index >= 15 is 0 Å². The van der Waals surface area contributed by atoms with Crippen LogP contribution in [0.2, 0.25) is 0 Å². The summed E-state index contributed by atoms with van der Waals surface area (Å²) >= 11 is 2.18. The number of halogens is 1. The summed E-state index contributed by atoms with van der Waals surface area (Å²) in [7, 11) is 0. The Kier molecular flexibility index (Phi) is 4.24. The van der Waals surface area contributed by atoms with Gasteiger partial charge in [0.15, 0.2) is 5.69 Å². The lowest BCUT2D eigenvalue weighted by atomic mass is 10.2. The summed E-state index contributed by atoms with van der Waals surface area (Å²) in [6.07, 6.45) is 0. The molecule has 0 aliphatic heterocycles. The minimum atomic E-state index is -0.653. The Hall–Kier alpha value is -2.08. The van der Waals surface area contributed by atoms with Crippen LogP contribution in [0.25, 0.3) is 5.69 Å². The van der Waals surface area contributed by atoms with E-state index in [9.17, 15) is 4.79 Å². The summed E-state index contributed by atoms with van der Waals surface area (Å²) in [6, 6.07) is 9.27. The number of rotatable bonds is 3. The Bertz CT molecular complexity index is 686. The molecule has 0 radical (unpaired) electrons. The van der Waals surface area contributed by atoms with Crippen molar-refractivity contribution >= 4 is 34.4 Å². The molecule has 0 amide bonds. The number of hydrogen-bond donors (Lipinski definition) is 1. The van der Waals surface area contributed by atoms with Gasteiger partial charge in [0, 0.05) is 3.57 Å². The van der Waals surface area contributed by atoms with Gasteiger partial charge in [-0.1, -0.05) is 0 Å². The van der Waals surface area contributed by atoms with Crippen molar-refractivity contribution in [3.63, 3.8) is 0 Å². The molecular weight excluding hydrogens is 371 g/mol. The van der Waals surface area contributed by atoms with Gasteiger partial charge in [0.2, 0.25) is 0 Å². The van der Waals surface area contributed by atoms with Crippen LogP contribution >= 0.6 is 22.6 Å². The van der Waals surface area contributed by atoms with E-state index in [0.717, 1.165) is 3.57 Å². The third-order valence-corrected chi connectivity index (χ3v) is 3.29. The van der Waals surface area contributed by atoms with E-state index in [1.165, 1.54) is 4.68 Å². The number of carbonyl (C=O) groups excluding carboxylic acids is 1. The van der Waals surface area contributed by atoms with E-state index in [2.05, 4.69) is 27.7 Å². The van der Waals surface area contributed by atoms with Crippen LogP contribution in [0.1, 0.15) is 23.0 Å². The molecule has 0 unspecified atom stereocenters. The number of benzene rings is 1. The number of nitrogens with two attached hydrogens (primary N) is 1. The molecule has 0 saturated heterocycles. The molecule has 6 nitrogen and oxygen atoms in total. The lowest BCUT2D eigenvalue weighted by Gasteiger charge is -2.03. The molecule has 20 heavy (non-hydrogen) atoms. The van der Waals surface area contributed by atoms with Crippen LogP contribution in [0.5, 0.6) is 0 Å². The Morgan fingerprint density at radius 1 is 1.50 bits per heavy atom. The molecule has 102 valence electrons. The van der Waals surface area contributed by atoms with Crippen LogP contribution < -0.4 is 5.73 Å². The average Bonchev–Trinajstić information content (AvgIpc) is 2.77. The van der Waals surface area contributed by atoms with Gasteiger partial charge >= 0.3 is 5.97 Å². The van der Waals surface area contributed by atoms with Crippen LogP contribution in [0.3, 0.4) is 0 Å². The molecule has 0 fully saturated rings. The standard InChI is InChI=1S/C13H11IN4O2/c1-2-20-13(19)11-10(7-15)12(16)18(17-11)9-5-3-8(14)4-6-9/h3-6H,2,16H2,1H3. The summed E-state index contributed by atoms with van der Waals surface area (Å²) in [6.45, 7) is 1.89. The maximum absolute atomic E-state index is 11.8. The van der Waals surface area contributed by atoms with Gasteiger partial charge in [-0.25, -0.2) is 9.48 Å². The summed E-state index contributed by atoms with van der Waals surface area (Å²) in [4.78, 5) is 11.8. The highest BCUT2D eigenvalue weighted by molar-refractivity contribution is 14.1. The number of anilines is 1. The van der Waals surface area contributed by atoms with Crippen LogP contribution in [-0.2, 0) is 4.74 Å². The number of hydrogen-bond acceptors (Lipinski definition) is 5. The second kappa shape index (κ2) is 5.92. The van der Waals surface area contributed by atoms with E-state index < -0.39 is 5.97 Å². The van der Waals surface area contributed by atoms with Crippen molar-refractivity contribution < 1.29 is 9.53 Å². The molecule has 2 aromatic rings. The maximum atomic E-state index is 11.8. The third-order valence-electron chi connectivity index (χ3n) is 2.57. The van der Waals surface area contributed by atoms with Crippen molar-refractivity contribution in [2.24, 2.45) is 0 Å². The zero-order chi connectivity index (χ0) is 14.7. The molecule has 1 heterocycles. The molecule has 2 N–H and O–H groups in total. The normalized spacial score (nSPS) is 10.1. The number of aromatic nitrogens is 2. The molecule has 1 aromatic heterocycles. The van der Waals surface area contributed by atoms with Gasteiger partial charge in [-0.05, 0) is 53.8 Å². The Morgan fingerprint density at radius 2 is 2.15 bits per heavy atom. The van der Waals surface area contributed by atoms with Crippen molar-refractivity contribution in [3.8, 4) is 11.8 Å². The molecule has 7 heteroatoms. The van der Waals surface area contributed by atoms with Crippen LogP contribution in [0, 0.1) is 14.9 Å². The monoisotopic (exact) mass is 382 g/mol. The second-order valence-corrected chi connectivity index (χ2v) is 5.07. The largest absolute Gasteiger partial charge is 0.461 e. The number of carbonyl (C=O) groups is 1. The number of ether oxygens (including phenoxy) is 1. The van der Waals surface area contributed by atoms with E-state index in [-0.39, 0.29) is 23.7 Å². The minimum Gasteiger partial charge on any atom is -0.461 e. The predicted molar refractivity (Wildman–Crippen MR) is 81.4 cm³/mol. The summed E-state index contributed by atoms with van der Waals surface area (Å²) in [5.41, 5.74) is 6.53. The smallest absolute Gasteiger partial charge is 0.360 e. The van der Waals surface area contributed by atoms with E-state index in [1.54, 1.807) is 19.1 Å². The van der Waals surface area contributed by atoms with Crippen molar-refractivity contribution in [1.82, 2.24) is 9.78 Å². The highest BCUT2D eigenvalue weighted by atomic mass is 127. The summed E-state index contributed by atoms with van der Waals surface area (Å²) in [5, 5.41) is 13.2. The van der Waals surface area contributed by atoms with Gasteiger partial charge in [0.05, 0.1) is 12.3 Å². The molecule has 0 saturated carbocycles. The fourth-order valence-electron chi connectivity index (χ4n) is 1.66. The van der Waals surface area contributed by atoms with Gasteiger partial charge in [-0.15, -0.1) is 0 Å². The van der Waals surface area contributed by atoms with Crippen molar-refractivity contribution in [2.75, 3.05) is 12.3 Å². The summed E-state index contributed by atoms with van der Waals surface area (Å²) < 4.78 is 7.29. The fourth-order valence-corrected chi connectivity index (χ4v) is 2.02. The first-order valence-electron chi connectivity index (χ1n) is 5.80. The quantitative estimate of drug-likeness (QED) is 0.648. The highest BCUT2D eigenvalue weighted by Crippen LogP contribution is 2.21. The first kappa shape index (κ1) is 14.3. The predicted octanol–water partition coefficient (Wildman–Crippen LogP) is 2.11. The molecule has 1 aromatic carbocycles. The fraction of sp³-hybridized carbons (Fsp3) is 0.154. The molecule has 0 aliphatic carbocycles. The first-order chi connectivity index (χ1) is 9.58. The van der Waals surface area contributed by atoms with Crippen LogP contribution in [-0.4, -0.2) is 22.4 Å². The number of nitrogens with zero attached hydrogens (tertiary/aromatic N) is 3. The Morgan fingerprint density at radius 3 is 2.70 bits per heavy atom. The number of nitrogen functional groups attached to an aromatic ring is 1. The van der Waals surface area contributed by atoms with Gasteiger partial charge in [0.25, 0.3) is 0 Å². The summed E-state index contributed by atoms with van der Waals surface area (Å²) in [5.74, 6) is -0.531. The molecule has 0 spiro atoms. The highest BCUT2D eigenvalue weighted by Gasteiger charge is 2.23. The van der Waals surface area contributed by atoms with Gasteiger partial charge in [-0.3, -0.25) is 0 Å². The molecular formula is C13H11IN4O2. The molecule has 2 rings (SSSR count). The van der Waals surface area contributed by atoms with Gasteiger partial charge in [0.1, 0.15) is 17.5 Å². The molecule has 0 atom stereocenters. The molecule has 0 bridgehead atoms. The van der Waals surface area contributed by atoms with Crippen molar-refractivity contribution in [3.05, 3.63) is 39.1 Å². The van der Waals surface area contributed by atoms with Crippen LogP contribution in [0.4, 0.5) is 5.82 Å². The number of nitriles is 1. The Balaban J connectivity index is 2.53.